The summed E-state index contributed by atoms with van der Waals surface area (Å²) in [6.07, 6.45) is 1.41. The topological polar surface area (TPSA) is 67.4 Å². The van der Waals surface area contributed by atoms with Crippen LogP contribution in [-0.2, 0) is 9.59 Å². The van der Waals surface area contributed by atoms with Crippen molar-refractivity contribution in [3.8, 4) is 5.75 Å². The zero-order valence-electron chi connectivity index (χ0n) is 13.9. The molecule has 134 valence electrons. The van der Waals surface area contributed by atoms with Gasteiger partial charge in [-0.3, -0.25) is 9.59 Å². The molecule has 5 nitrogen and oxygen atoms in total. The number of methoxy groups -OCH3 is 1. The molecule has 0 aromatic heterocycles. The summed E-state index contributed by atoms with van der Waals surface area (Å²) in [7, 11) is 1.33. The van der Waals surface area contributed by atoms with Gasteiger partial charge in [0, 0.05) is 35.9 Å². The maximum absolute atomic E-state index is 13.5. The highest BCUT2D eigenvalue weighted by Gasteiger charge is 2.29. The molecule has 2 aromatic rings. The number of hydrogen-bond acceptors (Lipinski definition) is 3. The highest BCUT2D eigenvalue weighted by molar-refractivity contribution is 6.06. The molecule has 26 heavy (non-hydrogen) atoms. The van der Waals surface area contributed by atoms with Gasteiger partial charge in [0.1, 0.15) is 5.82 Å². The summed E-state index contributed by atoms with van der Waals surface area (Å²) in [6, 6.07) is 9.60. The first kappa shape index (κ1) is 17.6. The number of nitrogens with one attached hydrogen (secondary N) is 2. The predicted molar refractivity (Wildman–Crippen MR) is 91.6 cm³/mol. The third kappa shape index (κ3) is 3.72. The molecule has 0 aliphatic carbocycles. The van der Waals surface area contributed by atoms with Crippen LogP contribution in [0.2, 0.25) is 0 Å². The van der Waals surface area contributed by atoms with Gasteiger partial charge in [0.2, 0.25) is 5.91 Å². The minimum atomic E-state index is -0.543. The number of hydrogen-bond donors (Lipinski definition) is 2. The predicted octanol–water partition coefficient (Wildman–Crippen LogP) is 3.10. The van der Waals surface area contributed by atoms with Crippen molar-refractivity contribution in [2.45, 2.75) is 12.3 Å². The second-order valence-electron chi connectivity index (χ2n) is 5.78. The number of anilines is 1. The van der Waals surface area contributed by atoms with Crippen molar-refractivity contribution < 1.29 is 23.1 Å². The van der Waals surface area contributed by atoms with Crippen molar-refractivity contribution in [1.29, 1.82) is 0 Å². The maximum Gasteiger partial charge on any atom is 0.253 e. The standard InChI is InChI=1S/C19H16F2N2O3/c1-26-17-8-13(6-7-16(17)21)23-19(25)15-10-22-18(24)9-14(15)11-2-4-12(20)5-3-11/h2-8,10,14H,9H2,1H3,(H,22,24)(H,23,25)/t14-/m0/s1. The number of carbonyl (C=O) groups excluding carboxylic acids is 2. The molecule has 1 heterocycles. The SMILES string of the molecule is COc1cc(NC(=O)C2=CNC(=O)C[C@H]2c2ccc(F)cc2)ccc1F. The van der Waals surface area contributed by atoms with Gasteiger partial charge in [0.15, 0.2) is 11.6 Å². The molecular formula is C19H16F2N2O3. The zero-order chi connectivity index (χ0) is 18.7. The zero-order valence-corrected chi connectivity index (χ0v) is 13.9. The van der Waals surface area contributed by atoms with Crippen LogP contribution in [0.25, 0.3) is 0 Å². The summed E-state index contributed by atoms with van der Waals surface area (Å²) in [4.78, 5) is 24.4. The highest BCUT2D eigenvalue weighted by atomic mass is 19.1. The molecule has 0 radical (unpaired) electrons. The summed E-state index contributed by atoms with van der Waals surface area (Å²) in [5.41, 5.74) is 1.32. The van der Waals surface area contributed by atoms with Gasteiger partial charge in [-0.2, -0.15) is 0 Å². The summed E-state index contributed by atoms with van der Waals surface area (Å²) >= 11 is 0. The van der Waals surface area contributed by atoms with Crippen LogP contribution in [0.1, 0.15) is 17.9 Å². The number of ether oxygens (including phenoxy) is 1. The van der Waals surface area contributed by atoms with Crippen LogP contribution in [0.5, 0.6) is 5.75 Å². The fourth-order valence-corrected chi connectivity index (χ4v) is 2.77. The molecule has 0 saturated heterocycles. The van der Waals surface area contributed by atoms with E-state index in [0.717, 1.165) is 0 Å². The van der Waals surface area contributed by atoms with E-state index in [9.17, 15) is 18.4 Å². The minimum absolute atomic E-state index is 0.00353. The molecule has 0 bridgehead atoms. The number of carbonyl (C=O) groups is 2. The van der Waals surface area contributed by atoms with Crippen molar-refractivity contribution in [2.75, 3.05) is 12.4 Å². The van der Waals surface area contributed by atoms with Gasteiger partial charge in [-0.05, 0) is 29.8 Å². The first-order valence-corrected chi connectivity index (χ1v) is 7.87. The van der Waals surface area contributed by atoms with Crippen molar-refractivity contribution in [2.24, 2.45) is 0 Å². The third-order valence-corrected chi connectivity index (χ3v) is 4.10. The molecule has 2 amide bonds. The average molecular weight is 358 g/mol. The van der Waals surface area contributed by atoms with E-state index in [2.05, 4.69) is 10.6 Å². The van der Waals surface area contributed by atoms with Crippen LogP contribution >= 0.6 is 0 Å². The quantitative estimate of drug-likeness (QED) is 0.883. The van der Waals surface area contributed by atoms with E-state index < -0.39 is 23.5 Å². The number of rotatable bonds is 4. The Hall–Kier alpha value is -3.22. The molecule has 2 aromatic carbocycles. The lowest BCUT2D eigenvalue weighted by molar-refractivity contribution is -0.121. The molecule has 1 aliphatic rings. The molecule has 2 N–H and O–H groups in total. The number of benzene rings is 2. The van der Waals surface area contributed by atoms with E-state index in [-0.39, 0.29) is 18.1 Å². The number of halogens is 2. The van der Waals surface area contributed by atoms with Gasteiger partial charge in [-0.25, -0.2) is 8.78 Å². The van der Waals surface area contributed by atoms with Gasteiger partial charge < -0.3 is 15.4 Å². The minimum Gasteiger partial charge on any atom is -0.494 e. The van der Waals surface area contributed by atoms with Crippen molar-refractivity contribution in [1.82, 2.24) is 5.32 Å². The first-order chi connectivity index (χ1) is 12.5. The Bertz CT molecular complexity index is 879. The smallest absolute Gasteiger partial charge is 0.253 e. The van der Waals surface area contributed by atoms with Crippen LogP contribution < -0.4 is 15.4 Å². The molecule has 0 fully saturated rings. The lowest BCUT2D eigenvalue weighted by Gasteiger charge is -2.24. The Labute approximate surface area is 148 Å². The maximum atomic E-state index is 13.5. The summed E-state index contributed by atoms with van der Waals surface area (Å²) < 4.78 is 31.6. The fourth-order valence-electron chi connectivity index (χ4n) is 2.77. The lowest BCUT2D eigenvalue weighted by Crippen LogP contribution is -2.31. The van der Waals surface area contributed by atoms with Crippen LogP contribution in [0, 0.1) is 11.6 Å². The Balaban J connectivity index is 1.86. The molecule has 0 unspecified atom stereocenters. The van der Waals surface area contributed by atoms with Crippen LogP contribution in [0.4, 0.5) is 14.5 Å². The van der Waals surface area contributed by atoms with Gasteiger partial charge in [0.05, 0.1) is 7.11 Å². The molecule has 1 aliphatic heterocycles. The number of amides is 2. The van der Waals surface area contributed by atoms with Crippen LogP contribution in [-0.4, -0.2) is 18.9 Å². The molecular weight excluding hydrogens is 342 g/mol. The normalized spacial score (nSPS) is 16.5. The van der Waals surface area contributed by atoms with Crippen LogP contribution in [0.3, 0.4) is 0 Å². The monoisotopic (exact) mass is 358 g/mol. The van der Waals surface area contributed by atoms with E-state index in [4.69, 9.17) is 4.74 Å². The molecule has 3 rings (SSSR count). The van der Waals surface area contributed by atoms with E-state index in [1.807, 2.05) is 0 Å². The largest absolute Gasteiger partial charge is 0.494 e. The third-order valence-electron chi connectivity index (χ3n) is 4.10. The van der Waals surface area contributed by atoms with Crippen LogP contribution in [0.15, 0.2) is 54.2 Å². The van der Waals surface area contributed by atoms with Gasteiger partial charge in [-0.1, -0.05) is 12.1 Å². The second kappa shape index (κ2) is 7.35. The molecule has 0 spiro atoms. The van der Waals surface area contributed by atoms with E-state index >= 15 is 0 Å². The first-order valence-electron chi connectivity index (χ1n) is 7.87. The Kier molecular flexibility index (Phi) is 4.97. The van der Waals surface area contributed by atoms with Gasteiger partial charge in [-0.15, -0.1) is 0 Å². The van der Waals surface area contributed by atoms with E-state index in [1.54, 1.807) is 12.1 Å². The van der Waals surface area contributed by atoms with Gasteiger partial charge >= 0.3 is 0 Å². The van der Waals surface area contributed by atoms with Gasteiger partial charge in [0.25, 0.3) is 5.91 Å². The van der Waals surface area contributed by atoms with Crippen molar-refractivity contribution in [3.05, 3.63) is 71.4 Å². The highest BCUT2D eigenvalue weighted by Crippen LogP contribution is 2.31. The second-order valence-corrected chi connectivity index (χ2v) is 5.78. The average Bonchev–Trinajstić information content (AvgIpc) is 2.63. The van der Waals surface area contributed by atoms with E-state index in [0.29, 0.717) is 16.8 Å². The molecule has 0 saturated carbocycles. The Morgan fingerprint density at radius 3 is 2.62 bits per heavy atom. The molecule has 7 heteroatoms. The lowest BCUT2D eigenvalue weighted by atomic mass is 9.86. The molecule has 1 atom stereocenters. The Morgan fingerprint density at radius 1 is 1.19 bits per heavy atom. The summed E-state index contributed by atoms with van der Waals surface area (Å²) in [5.74, 6) is -2.14. The van der Waals surface area contributed by atoms with Crippen molar-refractivity contribution >= 4 is 17.5 Å². The van der Waals surface area contributed by atoms with E-state index in [1.165, 1.54) is 43.6 Å². The summed E-state index contributed by atoms with van der Waals surface area (Å²) in [6.45, 7) is 0. The fraction of sp³-hybridized carbons (Fsp3) is 0.158. The summed E-state index contributed by atoms with van der Waals surface area (Å²) in [5, 5.41) is 5.18. The van der Waals surface area contributed by atoms with Crippen molar-refractivity contribution in [3.63, 3.8) is 0 Å². The Morgan fingerprint density at radius 2 is 1.92 bits per heavy atom.